The van der Waals surface area contributed by atoms with Crippen molar-refractivity contribution in [2.45, 2.75) is 13.8 Å². The molecule has 1 aliphatic rings. The minimum absolute atomic E-state index is 0.221. The lowest BCUT2D eigenvalue weighted by Crippen LogP contribution is -2.51. The number of aryl methyl sites for hydroxylation is 2. The van der Waals surface area contributed by atoms with Crippen LogP contribution in [0.4, 0.5) is 5.82 Å². The van der Waals surface area contributed by atoms with Crippen LogP contribution in [0.15, 0.2) is 54.4 Å². The lowest BCUT2D eigenvalue weighted by atomic mass is 10.1. The molecule has 0 radical (unpaired) electrons. The summed E-state index contributed by atoms with van der Waals surface area (Å²) in [5.74, 6) is 1.77. The molecule has 0 bridgehead atoms. The molecule has 12 nitrogen and oxygen atoms in total. The predicted molar refractivity (Wildman–Crippen MR) is 163 cm³/mol. The summed E-state index contributed by atoms with van der Waals surface area (Å²) in [6.07, 6.45) is 4.59. The highest BCUT2D eigenvalue weighted by molar-refractivity contribution is 7.17. The number of thiophene rings is 1. The van der Waals surface area contributed by atoms with Crippen molar-refractivity contribution in [3.8, 4) is 22.7 Å². The topological polar surface area (TPSA) is 135 Å². The molecule has 13 heteroatoms. The molecule has 5 aromatic heterocycles. The van der Waals surface area contributed by atoms with Gasteiger partial charge in [-0.05, 0) is 19.4 Å². The monoisotopic (exact) mass is 593 g/mol. The quantitative estimate of drug-likeness (QED) is 0.225. The number of hydrogen-bond donors (Lipinski definition) is 1. The van der Waals surface area contributed by atoms with E-state index in [1.54, 1.807) is 29.5 Å². The summed E-state index contributed by atoms with van der Waals surface area (Å²) in [6, 6.07) is 10.2. The van der Waals surface area contributed by atoms with E-state index >= 15 is 0 Å². The van der Waals surface area contributed by atoms with Crippen LogP contribution in [-0.4, -0.2) is 84.6 Å². The van der Waals surface area contributed by atoms with Crippen LogP contribution in [0.3, 0.4) is 0 Å². The van der Waals surface area contributed by atoms with Gasteiger partial charge in [0, 0.05) is 43.3 Å². The van der Waals surface area contributed by atoms with Gasteiger partial charge >= 0.3 is 0 Å². The lowest BCUT2D eigenvalue weighted by molar-refractivity contribution is -0.126. The molecule has 6 aromatic rings. The summed E-state index contributed by atoms with van der Waals surface area (Å²) in [6.45, 7) is 5.49. The molecule has 6 heterocycles. The van der Waals surface area contributed by atoms with Crippen molar-refractivity contribution in [3.63, 3.8) is 0 Å². The number of carbonyl (C=O) groups excluding carboxylic acids is 2. The van der Waals surface area contributed by atoms with Crippen LogP contribution in [0, 0.1) is 13.8 Å². The van der Waals surface area contributed by atoms with Crippen LogP contribution < -0.4 is 9.64 Å². The molecule has 0 aliphatic carbocycles. The third-order valence-electron chi connectivity index (χ3n) is 7.61. The molecule has 0 atom stereocenters. The number of fused-ring (bicyclic) bond motifs is 2. The second-order valence-corrected chi connectivity index (χ2v) is 11.1. The minimum atomic E-state index is -0.616. The van der Waals surface area contributed by atoms with Crippen LogP contribution in [0.25, 0.3) is 38.1 Å². The average molecular weight is 594 g/mol. The standard InChI is InChI=1S/C30H27N9O3S/c1-17-33-16-39(36-17)28-25-23(22(42-3)14-32-28)20(13-31-25)26(40)30(41)38-11-9-37(10-12-38)27-24-21(19-7-5-4-6-8-19)15-43-29(24)35-18(2)34-27/h4-8,13-16,31H,9-12H2,1-3H3. The summed E-state index contributed by atoms with van der Waals surface area (Å²) in [5, 5.41) is 7.94. The number of nitrogens with one attached hydrogen (secondary N) is 1. The molecular weight excluding hydrogens is 566 g/mol. The van der Waals surface area contributed by atoms with Crippen molar-refractivity contribution in [1.82, 2.24) is 39.6 Å². The van der Waals surface area contributed by atoms with E-state index in [2.05, 4.69) is 47.4 Å². The van der Waals surface area contributed by atoms with Crippen LogP contribution in [-0.2, 0) is 4.79 Å². The molecular formula is C30H27N9O3S. The number of aromatic amines is 1. The number of H-pyrrole nitrogens is 1. The Balaban J connectivity index is 1.15. The Labute approximate surface area is 250 Å². The molecule has 0 spiro atoms. The van der Waals surface area contributed by atoms with Crippen molar-refractivity contribution in [2.75, 3.05) is 38.2 Å². The van der Waals surface area contributed by atoms with E-state index in [-0.39, 0.29) is 5.56 Å². The Morgan fingerprint density at radius 3 is 2.47 bits per heavy atom. The highest BCUT2D eigenvalue weighted by Gasteiger charge is 2.31. The zero-order valence-electron chi connectivity index (χ0n) is 23.7. The first-order valence-corrected chi connectivity index (χ1v) is 14.6. The van der Waals surface area contributed by atoms with Gasteiger partial charge in [-0.2, -0.15) is 5.10 Å². The minimum Gasteiger partial charge on any atom is -0.494 e. The first-order valence-electron chi connectivity index (χ1n) is 13.8. The van der Waals surface area contributed by atoms with Gasteiger partial charge in [0.2, 0.25) is 0 Å². The second-order valence-electron chi connectivity index (χ2n) is 10.2. The number of carbonyl (C=O) groups is 2. The number of piperazine rings is 1. The molecule has 1 saturated heterocycles. The number of benzene rings is 1. The van der Waals surface area contributed by atoms with Gasteiger partial charge in [0.25, 0.3) is 11.7 Å². The van der Waals surface area contributed by atoms with Crippen LogP contribution in [0.2, 0.25) is 0 Å². The highest BCUT2D eigenvalue weighted by Crippen LogP contribution is 2.38. The van der Waals surface area contributed by atoms with Crippen molar-refractivity contribution in [1.29, 1.82) is 0 Å². The summed E-state index contributed by atoms with van der Waals surface area (Å²) < 4.78 is 7.04. The fourth-order valence-corrected chi connectivity index (χ4v) is 6.51. The Morgan fingerprint density at radius 1 is 0.953 bits per heavy atom. The Morgan fingerprint density at radius 2 is 1.74 bits per heavy atom. The van der Waals surface area contributed by atoms with E-state index in [1.807, 2.05) is 25.1 Å². The van der Waals surface area contributed by atoms with E-state index in [9.17, 15) is 9.59 Å². The lowest BCUT2D eigenvalue weighted by Gasteiger charge is -2.35. The highest BCUT2D eigenvalue weighted by atomic mass is 32.1. The molecule has 0 saturated carbocycles. The summed E-state index contributed by atoms with van der Waals surface area (Å²) in [7, 11) is 1.50. The number of rotatable bonds is 6. The number of ketones is 1. The molecule has 1 aliphatic heterocycles. The molecule has 43 heavy (non-hydrogen) atoms. The van der Waals surface area contributed by atoms with Crippen molar-refractivity contribution in [2.24, 2.45) is 0 Å². The number of pyridine rings is 1. The molecule has 1 aromatic carbocycles. The number of aromatic nitrogens is 7. The fraction of sp³-hybridized carbons (Fsp3) is 0.233. The summed E-state index contributed by atoms with van der Waals surface area (Å²) in [4.78, 5) is 53.1. The first-order chi connectivity index (χ1) is 20.9. The maximum Gasteiger partial charge on any atom is 0.295 e. The number of nitrogens with zero attached hydrogens (tertiary/aromatic N) is 8. The normalized spacial score (nSPS) is 13.7. The van der Waals surface area contributed by atoms with Gasteiger partial charge in [-0.3, -0.25) is 9.59 Å². The van der Waals surface area contributed by atoms with Crippen molar-refractivity contribution in [3.05, 3.63) is 71.6 Å². The van der Waals surface area contributed by atoms with Gasteiger partial charge in [-0.25, -0.2) is 24.6 Å². The van der Waals surface area contributed by atoms with Gasteiger partial charge in [0.05, 0.1) is 35.2 Å². The second kappa shape index (κ2) is 10.6. The zero-order valence-corrected chi connectivity index (χ0v) is 24.6. The maximum atomic E-state index is 13.6. The SMILES string of the molecule is COc1cnc(-n2cnc(C)n2)c2[nH]cc(C(=O)C(=O)N3CCN(c4nc(C)nc5scc(-c6ccccc6)c45)CC3)c12. The number of Topliss-reactive ketones (excluding diaryl/α,β-unsaturated/α-hetero) is 1. The summed E-state index contributed by atoms with van der Waals surface area (Å²) in [5.41, 5.74) is 2.94. The molecule has 216 valence electrons. The van der Waals surface area contributed by atoms with E-state index in [0.29, 0.717) is 60.3 Å². The number of methoxy groups -OCH3 is 1. The first kappa shape index (κ1) is 26.7. The number of anilines is 1. The smallest absolute Gasteiger partial charge is 0.295 e. The van der Waals surface area contributed by atoms with Crippen LogP contribution in [0.5, 0.6) is 5.75 Å². The van der Waals surface area contributed by atoms with Gasteiger partial charge in [-0.15, -0.1) is 11.3 Å². The third kappa shape index (κ3) is 4.57. The molecule has 7 rings (SSSR count). The van der Waals surface area contributed by atoms with E-state index in [4.69, 9.17) is 9.72 Å². The van der Waals surface area contributed by atoms with E-state index < -0.39 is 11.7 Å². The predicted octanol–water partition coefficient (Wildman–Crippen LogP) is 3.97. The van der Waals surface area contributed by atoms with E-state index in [0.717, 1.165) is 27.2 Å². The molecule has 1 fully saturated rings. The van der Waals surface area contributed by atoms with Crippen molar-refractivity contribution >= 4 is 50.0 Å². The summed E-state index contributed by atoms with van der Waals surface area (Å²) >= 11 is 1.60. The van der Waals surface area contributed by atoms with Crippen molar-refractivity contribution < 1.29 is 14.3 Å². The fourth-order valence-electron chi connectivity index (χ4n) is 5.53. The van der Waals surface area contributed by atoms with Crippen LogP contribution in [0.1, 0.15) is 22.0 Å². The van der Waals surface area contributed by atoms with E-state index in [1.165, 1.54) is 24.2 Å². The Kier molecular flexibility index (Phi) is 6.58. The Bertz CT molecular complexity index is 2010. The molecule has 1 amide bonds. The largest absolute Gasteiger partial charge is 0.494 e. The number of ether oxygens (including phenoxy) is 1. The van der Waals surface area contributed by atoms with Crippen LogP contribution >= 0.6 is 11.3 Å². The maximum absolute atomic E-state index is 13.6. The number of hydrogen-bond acceptors (Lipinski definition) is 10. The molecule has 1 N–H and O–H groups in total. The van der Waals surface area contributed by atoms with Gasteiger partial charge in [-0.1, -0.05) is 30.3 Å². The average Bonchev–Trinajstić information content (AvgIpc) is 3.78. The van der Waals surface area contributed by atoms with Gasteiger partial charge < -0.3 is 19.5 Å². The number of amides is 1. The van der Waals surface area contributed by atoms with Gasteiger partial charge in [0.15, 0.2) is 5.82 Å². The van der Waals surface area contributed by atoms with Gasteiger partial charge in [0.1, 0.15) is 34.4 Å². The zero-order chi connectivity index (χ0) is 29.7. The third-order valence-corrected chi connectivity index (χ3v) is 8.49. The Hall–Kier alpha value is -5.17. The molecule has 0 unspecified atom stereocenters.